The van der Waals surface area contributed by atoms with Gasteiger partial charge in [-0.1, -0.05) is 13.0 Å². The van der Waals surface area contributed by atoms with Crippen LogP contribution in [0.1, 0.15) is 12.5 Å². The molecular formula is C10H12N4O. The minimum atomic E-state index is -0.136. The summed E-state index contributed by atoms with van der Waals surface area (Å²) in [5.41, 5.74) is 7.98. The number of anilines is 1. The number of H-pyrrole nitrogens is 2. The highest BCUT2D eigenvalue weighted by molar-refractivity contribution is 5.64. The lowest BCUT2D eigenvalue weighted by molar-refractivity contribution is 1.09. The van der Waals surface area contributed by atoms with Gasteiger partial charge in [-0.3, -0.25) is 9.89 Å². The SMILES string of the molecule is CCc1c(N)n[nH]c1-c1cccc(=O)[nH]1. The summed E-state index contributed by atoms with van der Waals surface area (Å²) in [5, 5.41) is 6.75. The average molecular weight is 204 g/mol. The molecule has 2 aromatic heterocycles. The van der Waals surface area contributed by atoms with Gasteiger partial charge in [0.05, 0.1) is 11.4 Å². The number of hydrogen-bond donors (Lipinski definition) is 3. The summed E-state index contributed by atoms with van der Waals surface area (Å²) in [6.45, 7) is 1.99. The van der Waals surface area contributed by atoms with Gasteiger partial charge in [0, 0.05) is 11.6 Å². The van der Waals surface area contributed by atoms with Crippen LogP contribution in [0.3, 0.4) is 0 Å². The zero-order valence-corrected chi connectivity index (χ0v) is 8.37. The third-order valence-electron chi connectivity index (χ3n) is 2.29. The molecule has 0 saturated heterocycles. The predicted molar refractivity (Wildman–Crippen MR) is 58.4 cm³/mol. The quantitative estimate of drug-likeness (QED) is 0.679. The van der Waals surface area contributed by atoms with Gasteiger partial charge < -0.3 is 10.7 Å². The van der Waals surface area contributed by atoms with Crippen molar-refractivity contribution >= 4 is 5.82 Å². The largest absolute Gasteiger partial charge is 0.382 e. The van der Waals surface area contributed by atoms with Gasteiger partial charge in [0.15, 0.2) is 0 Å². The first-order valence-electron chi connectivity index (χ1n) is 4.74. The fourth-order valence-corrected chi connectivity index (χ4v) is 1.55. The maximum Gasteiger partial charge on any atom is 0.248 e. The second-order valence-electron chi connectivity index (χ2n) is 3.24. The predicted octanol–water partition coefficient (Wildman–Crippen LogP) is 0.910. The van der Waals surface area contributed by atoms with E-state index >= 15 is 0 Å². The van der Waals surface area contributed by atoms with Crippen molar-refractivity contribution in [2.75, 3.05) is 5.73 Å². The Morgan fingerprint density at radius 1 is 1.47 bits per heavy atom. The highest BCUT2D eigenvalue weighted by atomic mass is 16.1. The molecule has 15 heavy (non-hydrogen) atoms. The fraction of sp³-hybridized carbons (Fsp3) is 0.200. The molecule has 0 unspecified atom stereocenters. The average Bonchev–Trinajstić information content (AvgIpc) is 2.59. The minimum Gasteiger partial charge on any atom is -0.382 e. The molecule has 0 aliphatic rings. The van der Waals surface area contributed by atoms with Gasteiger partial charge >= 0.3 is 0 Å². The number of hydrogen-bond acceptors (Lipinski definition) is 3. The van der Waals surface area contributed by atoms with Crippen LogP contribution in [0, 0.1) is 0 Å². The first-order chi connectivity index (χ1) is 7.22. The summed E-state index contributed by atoms with van der Waals surface area (Å²) in [7, 11) is 0. The lowest BCUT2D eigenvalue weighted by atomic mass is 10.1. The number of nitrogens with two attached hydrogens (primary N) is 1. The van der Waals surface area contributed by atoms with Gasteiger partial charge in [-0.25, -0.2) is 0 Å². The first-order valence-corrected chi connectivity index (χ1v) is 4.74. The van der Waals surface area contributed by atoms with Crippen LogP contribution < -0.4 is 11.3 Å². The molecule has 0 radical (unpaired) electrons. The zero-order valence-electron chi connectivity index (χ0n) is 8.37. The van der Waals surface area contributed by atoms with E-state index in [1.54, 1.807) is 6.07 Å². The molecule has 0 aromatic carbocycles. The molecule has 0 spiro atoms. The molecule has 5 nitrogen and oxygen atoms in total. The summed E-state index contributed by atoms with van der Waals surface area (Å²) in [4.78, 5) is 13.9. The molecule has 0 amide bonds. The third kappa shape index (κ3) is 1.63. The number of nitrogens with zero attached hydrogens (tertiary/aromatic N) is 1. The highest BCUT2D eigenvalue weighted by Crippen LogP contribution is 2.22. The van der Waals surface area contributed by atoms with E-state index in [1.807, 2.05) is 13.0 Å². The van der Waals surface area contributed by atoms with E-state index in [0.717, 1.165) is 17.7 Å². The number of nitrogens with one attached hydrogen (secondary N) is 2. The van der Waals surface area contributed by atoms with Gasteiger partial charge in [-0.15, -0.1) is 0 Å². The third-order valence-corrected chi connectivity index (χ3v) is 2.29. The van der Waals surface area contributed by atoms with Gasteiger partial charge in [0.1, 0.15) is 5.82 Å². The molecule has 2 rings (SSSR count). The van der Waals surface area contributed by atoms with Crippen molar-refractivity contribution in [2.45, 2.75) is 13.3 Å². The van der Waals surface area contributed by atoms with E-state index in [4.69, 9.17) is 5.73 Å². The summed E-state index contributed by atoms with van der Waals surface area (Å²) in [5.74, 6) is 0.484. The standard InChI is InChI=1S/C10H12N4O/c1-2-6-9(13-14-10(6)11)7-4-3-5-8(15)12-7/h3-5H,2H2,1H3,(H,12,15)(H3,11,13,14). The smallest absolute Gasteiger partial charge is 0.248 e. The van der Waals surface area contributed by atoms with Crippen molar-refractivity contribution in [1.29, 1.82) is 0 Å². The summed E-state index contributed by atoms with van der Waals surface area (Å²) in [6, 6.07) is 4.98. The van der Waals surface area contributed by atoms with E-state index in [2.05, 4.69) is 15.2 Å². The molecule has 2 aromatic rings. The Labute approximate surface area is 86.3 Å². The minimum absolute atomic E-state index is 0.136. The molecule has 4 N–H and O–H groups in total. The van der Waals surface area contributed by atoms with Gasteiger partial charge in [0.2, 0.25) is 5.56 Å². The molecule has 0 atom stereocenters. The molecule has 78 valence electrons. The van der Waals surface area contributed by atoms with Gasteiger partial charge in [0.25, 0.3) is 0 Å². The monoisotopic (exact) mass is 204 g/mol. The Morgan fingerprint density at radius 3 is 2.93 bits per heavy atom. The second kappa shape index (κ2) is 3.61. The normalized spacial score (nSPS) is 10.5. The van der Waals surface area contributed by atoms with Crippen LogP contribution in [-0.2, 0) is 6.42 Å². The molecule has 0 bridgehead atoms. The lowest BCUT2D eigenvalue weighted by Gasteiger charge is -2.00. The maximum atomic E-state index is 11.1. The van der Waals surface area contributed by atoms with E-state index in [1.165, 1.54) is 6.07 Å². The topological polar surface area (TPSA) is 87.6 Å². The maximum absolute atomic E-state index is 11.1. The molecule has 5 heteroatoms. The Morgan fingerprint density at radius 2 is 2.27 bits per heavy atom. The van der Waals surface area contributed by atoms with Crippen LogP contribution in [0.4, 0.5) is 5.82 Å². The number of rotatable bonds is 2. The van der Waals surface area contributed by atoms with Crippen LogP contribution in [0.5, 0.6) is 0 Å². The molecule has 0 aliphatic carbocycles. The molecule has 0 saturated carbocycles. The first kappa shape index (κ1) is 9.51. The van der Waals surface area contributed by atoms with Crippen LogP contribution >= 0.6 is 0 Å². The highest BCUT2D eigenvalue weighted by Gasteiger charge is 2.10. The number of aromatic nitrogens is 3. The van der Waals surface area contributed by atoms with Crippen molar-refractivity contribution in [3.63, 3.8) is 0 Å². The van der Waals surface area contributed by atoms with Crippen molar-refractivity contribution in [2.24, 2.45) is 0 Å². The molecule has 0 aliphatic heterocycles. The van der Waals surface area contributed by atoms with Crippen molar-refractivity contribution < 1.29 is 0 Å². The van der Waals surface area contributed by atoms with Crippen LogP contribution in [-0.4, -0.2) is 15.2 Å². The zero-order chi connectivity index (χ0) is 10.8. The van der Waals surface area contributed by atoms with Crippen LogP contribution in [0.15, 0.2) is 23.0 Å². The molecular weight excluding hydrogens is 192 g/mol. The van der Waals surface area contributed by atoms with Crippen LogP contribution in [0.2, 0.25) is 0 Å². The van der Waals surface area contributed by atoms with Crippen molar-refractivity contribution in [3.05, 3.63) is 34.1 Å². The lowest BCUT2D eigenvalue weighted by Crippen LogP contribution is -2.04. The number of nitrogen functional groups attached to an aromatic ring is 1. The number of aromatic amines is 2. The van der Waals surface area contributed by atoms with Crippen molar-refractivity contribution in [1.82, 2.24) is 15.2 Å². The van der Waals surface area contributed by atoms with Gasteiger partial charge in [-0.05, 0) is 12.5 Å². The van der Waals surface area contributed by atoms with Crippen molar-refractivity contribution in [3.8, 4) is 11.4 Å². The summed E-state index contributed by atoms with van der Waals surface area (Å²) in [6.07, 6.45) is 0.772. The van der Waals surface area contributed by atoms with E-state index in [-0.39, 0.29) is 5.56 Å². The fourth-order valence-electron chi connectivity index (χ4n) is 1.55. The summed E-state index contributed by atoms with van der Waals surface area (Å²) < 4.78 is 0. The second-order valence-corrected chi connectivity index (χ2v) is 3.24. The summed E-state index contributed by atoms with van der Waals surface area (Å²) >= 11 is 0. The van der Waals surface area contributed by atoms with E-state index in [0.29, 0.717) is 11.5 Å². The van der Waals surface area contributed by atoms with Crippen LogP contribution in [0.25, 0.3) is 11.4 Å². The molecule has 0 fully saturated rings. The van der Waals surface area contributed by atoms with E-state index < -0.39 is 0 Å². The Bertz CT molecular complexity index is 526. The van der Waals surface area contributed by atoms with Gasteiger partial charge in [-0.2, -0.15) is 5.10 Å². The number of pyridine rings is 1. The Balaban J connectivity index is 2.58. The Hall–Kier alpha value is -2.04. The van der Waals surface area contributed by atoms with E-state index in [9.17, 15) is 4.79 Å². The molecule has 2 heterocycles. The Kier molecular flexibility index (Phi) is 2.29.